The van der Waals surface area contributed by atoms with Gasteiger partial charge in [-0.05, 0) is 31.1 Å². The summed E-state index contributed by atoms with van der Waals surface area (Å²) in [4.78, 5) is 13.7. The van der Waals surface area contributed by atoms with E-state index in [1.807, 2.05) is 0 Å². The van der Waals surface area contributed by atoms with Crippen molar-refractivity contribution in [3.05, 3.63) is 0 Å². The van der Waals surface area contributed by atoms with Gasteiger partial charge in [0.05, 0.1) is 5.41 Å². The van der Waals surface area contributed by atoms with Gasteiger partial charge in [-0.25, -0.2) is 0 Å². The fraction of sp³-hybridized carbons (Fsp3) is 0.929. The SMILES string of the molecule is O=C(O)C1(CN2CC3(CCCCC3)C2)CCC1. The maximum Gasteiger partial charge on any atom is 0.310 e. The molecule has 17 heavy (non-hydrogen) atoms. The highest BCUT2D eigenvalue weighted by Crippen LogP contribution is 2.48. The standard InChI is InChI=1S/C14H23NO2/c16-12(17)14(7-4-8-14)11-15-9-13(10-15)5-2-1-3-6-13/h1-11H2,(H,16,17). The molecular weight excluding hydrogens is 214 g/mol. The summed E-state index contributed by atoms with van der Waals surface area (Å²) in [6.45, 7) is 3.15. The van der Waals surface area contributed by atoms with Crippen molar-refractivity contribution < 1.29 is 9.90 Å². The lowest BCUT2D eigenvalue weighted by molar-refractivity contribution is -0.160. The van der Waals surface area contributed by atoms with Gasteiger partial charge in [0.25, 0.3) is 0 Å². The Bertz CT molecular complexity index is 308. The van der Waals surface area contributed by atoms with E-state index < -0.39 is 5.97 Å². The van der Waals surface area contributed by atoms with Crippen LogP contribution in [-0.2, 0) is 4.79 Å². The molecule has 1 heterocycles. The van der Waals surface area contributed by atoms with Gasteiger partial charge < -0.3 is 10.0 Å². The van der Waals surface area contributed by atoms with Gasteiger partial charge in [0, 0.05) is 19.6 Å². The highest BCUT2D eigenvalue weighted by molar-refractivity contribution is 5.76. The Balaban J connectivity index is 1.54. The molecule has 3 heteroatoms. The van der Waals surface area contributed by atoms with Gasteiger partial charge in [0.2, 0.25) is 0 Å². The maximum absolute atomic E-state index is 11.3. The van der Waals surface area contributed by atoms with Crippen LogP contribution >= 0.6 is 0 Å². The fourth-order valence-corrected chi connectivity index (χ4v) is 4.10. The van der Waals surface area contributed by atoms with Gasteiger partial charge in [-0.3, -0.25) is 4.79 Å². The summed E-state index contributed by atoms with van der Waals surface area (Å²) < 4.78 is 0. The molecule has 0 amide bonds. The minimum atomic E-state index is -0.562. The number of likely N-dealkylation sites (tertiary alicyclic amines) is 1. The number of nitrogens with zero attached hydrogens (tertiary/aromatic N) is 1. The number of carboxylic acid groups (broad SMARTS) is 1. The minimum Gasteiger partial charge on any atom is -0.481 e. The van der Waals surface area contributed by atoms with E-state index >= 15 is 0 Å². The summed E-state index contributed by atoms with van der Waals surface area (Å²) >= 11 is 0. The van der Waals surface area contributed by atoms with Crippen molar-refractivity contribution in [3.63, 3.8) is 0 Å². The quantitative estimate of drug-likeness (QED) is 0.820. The lowest BCUT2D eigenvalue weighted by Gasteiger charge is -2.55. The van der Waals surface area contributed by atoms with E-state index in [0.29, 0.717) is 5.41 Å². The van der Waals surface area contributed by atoms with E-state index in [1.165, 1.54) is 45.2 Å². The van der Waals surface area contributed by atoms with Crippen molar-refractivity contribution in [1.82, 2.24) is 4.90 Å². The van der Waals surface area contributed by atoms with E-state index in [-0.39, 0.29) is 5.41 Å². The summed E-state index contributed by atoms with van der Waals surface area (Å²) in [7, 11) is 0. The third-order valence-corrected chi connectivity index (χ3v) is 5.32. The summed E-state index contributed by atoms with van der Waals surface area (Å²) in [5.74, 6) is -0.562. The zero-order valence-corrected chi connectivity index (χ0v) is 10.6. The van der Waals surface area contributed by atoms with E-state index in [9.17, 15) is 9.90 Å². The van der Waals surface area contributed by atoms with E-state index in [1.54, 1.807) is 0 Å². The van der Waals surface area contributed by atoms with Crippen LogP contribution in [0.4, 0.5) is 0 Å². The molecule has 0 atom stereocenters. The monoisotopic (exact) mass is 237 g/mol. The van der Waals surface area contributed by atoms with Gasteiger partial charge in [-0.1, -0.05) is 25.7 Å². The third-order valence-electron chi connectivity index (χ3n) is 5.32. The van der Waals surface area contributed by atoms with E-state index in [0.717, 1.165) is 25.8 Å². The number of hydrogen-bond donors (Lipinski definition) is 1. The predicted octanol–water partition coefficient (Wildman–Crippen LogP) is 2.51. The molecule has 96 valence electrons. The number of aliphatic carboxylic acids is 1. The molecule has 2 saturated carbocycles. The van der Waals surface area contributed by atoms with Crippen LogP contribution in [0, 0.1) is 10.8 Å². The van der Waals surface area contributed by atoms with Crippen LogP contribution in [0.2, 0.25) is 0 Å². The second-order valence-corrected chi connectivity index (χ2v) is 6.64. The van der Waals surface area contributed by atoms with Gasteiger partial charge in [-0.2, -0.15) is 0 Å². The van der Waals surface area contributed by atoms with Crippen molar-refractivity contribution in [2.24, 2.45) is 10.8 Å². The molecule has 3 nitrogen and oxygen atoms in total. The Kier molecular flexibility index (Phi) is 2.69. The fourth-order valence-electron chi connectivity index (χ4n) is 4.10. The third kappa shape index (κ3) is 1.88. The molecule has 3 aliphatic rings. The van der Waals surface area contributed by atoms with Crippen LogP contribution in [0.3, 0.4) is 0 Å². The van der Waals surface area contributed by atoms with Crippen LogP contribution in [0.1, 0.15) is 51.4 Å². The normalized spacial score (nSPS) is 30.6. The molecule has 0 aromatic heterocycles. The number of rotatable bonds is 3. The average molecular weight is 237 g/mol. The van der Waals surface area contributed by atoms with Crippen molar-refractivity contribution in [1.29, 1.82) is 0 Å². The second kappa shape index (κ2) is 3.98. The van der Waals surface area contributed by atoms with Crippen LogP contribution in [0.25, 0.3) is 0 Å². The van der Waals surface area contributed by atoms with Crippen LogP contribution in [0.15, 0.2) is 0 Å². The Morgan fingerprint density at radius 1 is 1.00 bits per heavy atom. The Labute approximate surface area is 103 Å². The highest BCUT2D eigenvalue weighted by atomic mass is 16.4. The summed E-state index contributed by atoms with van der Waals surface area (Å²) in [6, 6.07) is 0. The molecule has 0 aromatic carbocycles. The number of carbonyl (C=O) groups is 1. The van der Waals surface area contributed by atoms with Gasteiger partial charge in [0.15, 0.2) is 0 Å². The highest BCUT2D eigenvalue weighted by Gasteiger charge is 2.50. The summed E-state index contributed by atoms with van der Waals surface area (Å²) in [5.41, 5.74) is 0.206. The molecule has 0 radical (unpaired) electrons. The molecule has 3 fully saturated rings. The molecular formula is C14H23NO2. The van der Waals surface area contributed by atoms with Crippen LogP contribution in [-0.4, -0.2) is 35.6 Å². The van der Waals surface area contributed by atoms with E-state index in [2.05, 4.69) is 4.90 Å². The first-order valence-corrected chi connectivity index (χ1v) is 7.10. The van der Waals surface area contributed by atoms with E-state index in [4.69, 9.17) is 0 Å². The van der Waals surface area contributed by atoms with Crippen LogP contribution in [0.5, 0.6) is 0 Å². The Hall–Kier alpha value is -0.570. The van der Waals surface area contributed by atoms with Crippen molar-refractivity contribution >= 4 is 5.97 Å². The first-order valence-electron chi connectivity index (χ1n) is 7.10. The molecule has 0 aromatic rings. The molecule has 1 N–H and O–H groups in total. The predicted molar refractivity (Wildman–Crippen MR) is 65.9 cm³/mol. The zero-order valence-electron chi connectivity index (χ0n) is 10.6. The lowest BCUT2D eigenvalue weighted by Crippen LogP contribution is -2.61. The van der Waals surface area contributed by atoms with Crippen LogP contribution < -0.4 is 0 Å². The number of hydrogen-bond acceptors (Lipinski definition) is 2. The molecule has 1 saturated heterocycles. The van der Waals surface area contributed by atoms with Crippen molar-refractivity contribution in [2.45, 2.75) is 51.4 Å². The maximum atomic E-state index is 11.3. The molecule has 0 bridgehead atoms. The molecule has 3 rings (SSSR count). The van der Waals surface area contributed by atoms with Gasteiger partial charge >= 0.3 is 5.97 Å². The largest absolute Gasteiger partial charge is 0.481 e. The second-order valence-electron chi connectivity index (χ2n) is 6.64. The first-order chi connectivity index (χ1) is 8.14. The van der Waals surface area contributed by atoms with Crippen molar-refractivity contribution in [2.75, 3.05) is 19.6 Å². The first kappa shape index (κ1) is 11.5. The topological polar surface area (TPSA) is 40.5 Å². The molecule has 1 aliphatic heterocycles. The molecule has 1 spiro atoms. The average Bonchev–Trinajstić information content (AvgIpc) is 2.21. The van der Waals surface area contributed by atoms with Gasteiger partial charge in [0.1, 0.15) is 0 Å². The molecule has 0 unspecified atom stereocenters. The Morgan fingerprint density at radius 2 is 1.65 bits per heavy atom. The van der Waals surface area contributed by atoms with Gasteiger partial charge in [-0.15, -0.1) is 0 Å². The lowest BCUT2D eigenvalue weighted by atomic mass is 9.64. The minimum absolute atomic E-state index is 0.379. The number of carboxylic acids is 1. The van der Waals surface area contributed by atoms with Crippen molar-refractivity contribution in [3.8, 4) is 0 Å². The zero-order chi connectivity index (χ0) is 11.9. The molecule has 2 aliphatic carbocycles. The summed E-state index contributed by atoms with van der Waals surface area (Å²) in [6.07, 6.45) is 9.83. The summed E-state index contributed by atoms with van der Waals surface area (Å²) in [5, 5.41) is 9.33. The Morgan fingerprint density at radius 3 is 2.12 bits per heavy atom. The smallest absolute Gasteiger partial charge is 0.310 e.